The number of fused-ring (bicyclic) bond motifs is 2. The normalized spacial score (nSPS) is 11.2. The number of rotatable bonds is 5. The van der Waals surface area contributed by atoms with E-state index in [9.17, 15) is 26.3 Å². The van der Waals surface area contributed by atoms with Crippen molar-refractivity contribution in [2.45, 2.75) is 45.6 Å². The first kappa shape index (κ1) is 32.4. The number of benzene rings is 2. The number of aromatic nitrogens is 4. The van der Waals surface area contributed by atoms with Gasteiger partial charge in [0.2, 0.25) is 0 Å². The minimum Gasteiger partial charge on any atom is -0.396 e. The molecule has 0 aliphatic rings. The van der Waals surface area contributed by atoms with Gasteiger partial charge in [-0.05, 0) is 37.1 Å². The topological polar surface area (TPSA) is 87.0 Å². The molecule has 3 N–H and O–H groups in total. The van der Waals surface area contributed by atoms with Crippen molar-refractivity contribution in [2.24, 2.45) is 0 Å². The molecule has 0 saturated carbocycles. The van der Waals surface area contributed by atoms with Gasteiger partial charge in [0.25, 0.3) is 0 Å². The maximum Gasteiger partial charge on any atom is 0.416 e. The molecule has 0 radical (unpaired) electrons. The lowest BCUT2D eigenvalue weighted by Crippen LogP contribution is -2.06. The lowest BCUT2D eigenvalue weighted by atomic mass is 10.1. The van der Waals surface area contributed by atoms with Crippen LogP contribution in [0.15, 0.2) is 48.8 Å². The Morgan fingerprint density at radius 1 is 0.838 bits per heavy atom. The van der Waals surface area contributed by atoms with Gasteiger partial charge in [0.15, 0.2) is 0 Å². The van der Waals surface area contributed by atoms with Crippen molar-refractivity contribution >= 4 is 37.7 Å². The molecule has 0 amide bonds. The molecule has 4 aromatic rings. The largest absolute Gasteiger partial charge is 0.416 e. The molecule has 6 nitrogen and oxygen atoms in total. The summed E-state index contributed by atoms with van der Waals surface area (Å²) in [5, 5.41) is 29.1. The van der Waals surface area contributed by atoms with Crippen LogP contribution in [0.2, 0.25) is 0 Å². The SMILES string of the molecule is CC.FC(F)(F)c1ccc2cn[nH]c2c1.OCCCBr.OCCCn1ncc2ccc(C(F)(F)F)cc21. The van der Waals surface area contributed by atoms with Crippen LogP contribution in [0.3, 0.4) is 0 Å². The fraction of sp³-hybridized carbons (Fsp3) is 0.417. The molecule has 4 rings (SSSR count). The molecular weight excluding hydrogens is 570 g/mol. The number of nitrogens with one attached hydrogen (secondary N) is 1. The van der Waals surface area contributed by atoms with Gasteiger partial charge in [0, 0.05) is 35.9 Å². The predicted octanol–water partition coefficient (Wildman–Crippen LogP) is 6.81. The standard InChI is InChI=1S/C11H11F3N2O.C8H5F3N2.C3H7BrO.C2H6/c12-11(13,14)9-3-2-8-7-15-16(4-1-5-17)10(8)6-9;9-8(10,11)6-2-1-5-4-12-13-7(5)3-6;4-2-1-3-5;1-2/h2-3,6-7,17H,1,4-5H2;1-4H,(H,12,13);5H,1-3H2;1-2H3. The van der Waals surface area contributed by atoms with Crippen molar-refractivity contribution in [3.05, 3.63) is 59.9 Å². The zero-order valence-electron chi connectivity index (χ0n) is 20.2. The number of halogens is 7. The van der Waals surface area contributed by atoms with Gasteiger partial charge in [-0.3, -0.25) is 9.78 Å². The van der Waals surface area contributed by atoms with Crippen LogP contribution < -0.4 is 0 Å². The third-order valence-corrected chi connectivity index (χ3v) is 5.12. The first-order chi connectivity index (χ1) is 17.5. The highest BCUT2D eigenvalue weighted by Crippen LogP contribution is 2.32. The lowest BCUT2D eigenvalue weighted by molar-refractivity contribution is -0.138. The van der Waals surface area contributed by atoms with E-state index in [1.807, 2.05) is 13.8 Å². The maximum absolute atomic E-state index is 12.5. The highest BCUT2D eigenvalue weighted by atomic mass is 79.9. The number of aliphatic hydroxyl groups excluding tert-OH is 2. The second-order valence-electron chi connectivity index (χ2n) is 7.15. The number of aromatic amines is 1. The second-order valence-corrected chi connectivity index (χ2v) is 7.95. The smallest absolute Gasteiger partial charge is 0.396 e. The Morgan fingerprint density at radius 2 is 1.41 bits per heavy atom. The van der Waals surface area contributed by atoms with E-state index in [0.29, 0.717) is 41.4 Å². The zero-order chi connectivity index (χ0) is 28.1. The summed E-state index contributed by atoms with van der Waals surface area (Å²) in [5.41, 5.74) is -0.511. The number of H-pyrrole nitrogens is 1. The van der Waals surface area contributed by atoms with Crippen LogP contribution in [0, 0.1) is 0 Å². The summed E-state index contributed by atoms with van der Waals surface area (Å²) in [6.07, 6.45) is -4.31. The van der Waals surface area contributed by atoms with Crippen LogP contribution in [0.1, 0.15) is 37.8 Å². The van der Waals surface area contributed by atoms with Crippen molar-refractivity contribution < 1.29 is 36.6 Å². The number of alkyl halides is 7. The van der Waals surface area contributed by atoms with E-state index in [2.05, 4.69) is 31.2 Å². The molecule has 0 atom stereocenters. The lowest BCUT2D eigenvalue weighted by Gasteiger charge is -2.07. The van der Waals surface area contributed by atoms with E-state index < -0.39 is 23.5 Å². The zero-order valence-corrected chi connectivity index (χ0v) is 21.8. The minimum atomic E-state index is -4.35. The van der Waals surface area contributed by atoms with Crippen molar-refractivity contribution in [1.82, 2.24) is 20.0 Å². The molecule has 2 heterocycles. The van der Waals surface area contributed by atoms with Gasteiger partial charge in [-0.25, -0.2) is 0 Å². The van der Waals surface area contributed by atoms with Gasteiger partial charge in [-0.2, -0.15) is 36.5 Å². The van der Waals surface area contributed by atoms with Crippen molar-refractivity contribution in [3.63, 3.8) is 0 Å². The molecule has 0 saturated heterocycles. The summed E-state index contributed by atoms with van der Waals surface area (Å²) in [6.45, 7) is 4.69. The molecule has 0 spiro atoms. The molecule has 37 heavy (non-hydrogen) atoms. The number of aryl methyl sites for hydroxylation is 1. The summed E-state index contributed by atoms with van der Waals surface area (Å²) in [5.74, 6) is 0. The van der Waals surface area contributed by atoms with Crippen LogP contribution in [-0.2, 0) is 18.9 Å². The molecule has 0 unspecified atom stereocenters. The van der Waals surface area contributed by atoms with E-state index in [1.54, 1.807) is 0 Å². The van der Waals surface area contributed by atoms with Gasteiger partial charge in [0.1, 0.15) is 0 Å². The average molecular weight is 599 g/mol. The predicted molar refractivity (Wildman–Crippen MR) is 134 cm³/mol. The van der Waals surface area contributed by atoms with Gasteiger partial charge >= 0.3 is 12.4 Å². The quantitative estimate of drug-likeness (QED) is 0.174. The molecule has 13 heteroatoms. The molecule has 0 bridgehead atoms. The fourth-order valence-corrected chi connectivity index (χ4v) is 3.07. The second kappa shape index (κ2) is 15.6. The maximum atomic E-state index is 12.5. The summed E-state index contributed by atoms with van der Waals surface area (Å²) >= 11 is 3.15. The van der Waals surface area contributed by atoms with Gasteiger partial charge in [0.05, 0.1) is 34.6 Å². The van der Waals surface area contributed by atoms with Gasteiger partial charge in [-0.15, -0.1) is 0 Å². The van der Waals surface area contributed by atoms with Crippen LogP contribution >= 0.6 is 15.9 Å². The van der Waals surface area contributed by atoms with E-state index in [-0.39, 0.29) is 6.61 Å². The molecule has 2 aromatic heterocycles. The van der Waals surface area contributed by atoms with Gasteiger partial charge < -0.3 is 10.2 Å². The third-order valence-electron chi connectivity index (χ3n) is 4.56. The fourth-order valence-electron chi connectivity index (χ4n) is 2.82. The molecule has 0 fully saturated rings. The Labute approximate surface area is 218 Å². The summed E-state index contributed by atoms with van der Waals surface area (Å²) in [4.78, 5) is 0. The number of hydrogen-bond donors (Lipinski definition) is 3. The Balaban J connectivity index is 0.000000303. The Bertz CT molecular complexity index is 1190. The van der Waals surface area contributed by atoms with Crippen LogP contribution in [0.25, 0.3) is 21.8 Å². The molecule has 0 aliphatic carbocycles. The Morgan fingerprint density at radius 3 is 1.92 bits per heavy atom. The van der Waals surface area contributed by atoms with Crippen molar-refractivity contribution in [3.8, 4) is 0 Å². The summed E-state index contributed by atoms with van der Waals surface area (Å²) in [6, 6.07) is 7.00. The highest BCUT2D eigenvalue weighted by molar-refractivity contribution is 9.09. The highest BCUT2D eigenvalue weighted by Gasteiger charge is 2.31. The monoisotopic (exact) mass is 598 g/mol. The summed E-state index contributed by atoms with van der Waals surface area (Å²) in [7, 11) is 0. The van der Waals surface area contributed by atoms with E-state index in [0.717, 1.165) is 36.0 Å². The summed E-state index contributed by atoms with van der Waals surface area (Å²) < 4.78 is 75.6. The van der Waals surface area contributed by atoms with Crippen molar-refractivity contribution in [1.29, 1.82) is 0 Å². The van der Waals surface area contributed by atoms with Crippen molar-refractivity contribution in [2.75, 3.05) is 18.5 Å². The molecule has 2 aromatic carbocycles. The first-order valence-electron chi connectivity index (χ1n) is 11.3. The van der Waals surface area contributed by atoms with E-state index >= 15 is 0 Å². The Kier molecular flexibility index (Phi) is 13.6. The van der Waals surface area contributed by atoms with Crippen LogP contribution in [0.5, 0.6) is 0 Å². The number of nitrogens with zero attached hydrogens (tertiary/aromatic N) is 3. The van der Waals surface area contributed by atoms with E-state index in [1.165, 1.54) is 29.2 Å². The molecule has 206 valence electrons. The van der Waals surface area contributed by atoms with E-state index in [4.69, 9.17) is 10.2 Å². The molecular formula is C24H29BrF6N4O2. The molecule has 0 aliphatic heterocycles. The minimum absolute atomic E-state index is 0.0136. The Hall–Kier alpha value is -2.64. The number of hydrogen-bond acceptors (Lipinski definition) is 4. The average Bonchev–Trinajstić information content (AvgIpc) is 3.50. The third kappa shape index (κ3) is 10.3. The number of aliphatic hydroxyl groups is 2. The van der Waals surface area contributed by atoms with Crippen LogP contribution in [-0.4, -0.2) is 48.7 Å². The van der Waals surface area contributed by atoms with Gasteiger partial charge in [-0.1, -0.05) is 41.9 Å². The van der Waals surface area contributed by atoms with Crippen LogP contribution in [0.4, 0.5) is 26.3 Å². The first-order valence-corrected chi connectivity index (χ1v) is 12.4.